The van der Waals surface area contributed by atoms with Gasteiger partial charge in [-0.1, -0.05) is 276 Å². The molecule has 1 atom stereocenters. The summed E-state index contributed by atoms with van der Waals surface area (Å²) >= 11 is 0. The molecule has 6 heteroatoms. The van der Waals surface area contributed by atoms with Crippen LogP contribution in [0, 0.1) is 0 Å². The molecule has 0 bridgehead atoms. The summed E-state index contributed by atoms with van der Waals surface area (Å²) in [5, 5.41) is 0. The predicted molar refractivity (Wildman–Crippen MR) is 352 cm³/mol. The number of ether oxygens (including phenoxy) is 3. The predicted octanol–water partition coefficient (Wildman–Crippen LogP) is 23.1. The number of rotatable bonds is 59. The molecule has 0 rings (SSSR count). The third kappa shape index (κ3) is 66.0. The molecular formula is C75H122O6. The molecule has 0 aliphatic heterocycles. The van der Waals surface area contributed by atoms with Gasteiger partial charge in [0.15, 0.2) is 6.10 Å². The second-order valence-corrected chi connectivity index (χ2v) is 21.6. The van der Waals surface area contributed by atoms with Crippen molar-refractivity contribution < 1.29 is 28.6 Å². The molecule has 0 aromatic heterocycles. The highest BCUT2D eigenvalue weighted by Crippen LogP contribution is 2.15. The highest BCUT2D eigenvalue weighted by molar-refractivity contribution is 5.71. The summed E-state index contributed by atoms with van der Waals surface area (Å²) in [6.07, 6.45) is 97.1. The Kier molecular flexibility index (Phi) is 63.9. The van der Waals surface area contributed by atoms with E-state index in [9.17, 15) is 14.4 Å². The molecule has 0 spiro atoms. The van der Waals surface area contributed by atoms with Crippen LogP contribution in [0.4, 0.5) is 0 Å². The Morgan fingerprint density at radius 1 is 0.259 bits per heavy atom. The number of esters is 3. The van der Waals surface area contributed by atoms with Gasteiger partial charge in [0.05, 0.1) is 0 Å². The molecule has 1 unspecified atom stereocenters. The van der Waals surface area contributed by atoms with Crippen molar-refractivity contribution in [2.24, 2.45) is 0 Å². The third-order valence-corrected chi connectivity index (χ3v) is 13.8. The average molecular weight is 1120 g/mol. The molecule has 0 heterocycles. The van der Waals surface area contributed by atoms with Crippen molar-refractivity contribution in [3.8, 4) is 0 Å². The van der Waals surface area contributed by atoms with Gasteiger partial charge in [0.25, 0.3) is 0 Å². The summed E-state index contributed by atoms with van der Waals surface area (Å²) in [4.78, 5) is 38.3. The second-order valence-electron chi connectivity index (χ2n) is 21.6. The normalized spacial score (nSPS) is 13.1. The SMILES string of the molecule is CC/C=C\C/C=C\C/C=C\C/C=C\C/C=C\C/C=C\C/C=C\C/C=C\C/C=C\CCCCCCCC(=O)OCC(COC(=O)CCCCCCC/C=C\C/C=C\CCC)OC(=O)CCCCCCCCC/C=C\CCCCCCCC. The molecule has 0 N–H and O–H groups in total. The lowest BCUT2D eigenvalue weighted by Crippen LogP contribution is -2.30. The maximum absolute atomic E-state index is 12.9. The van der Waals surface area contributed by atoms with Crippen LogP contribution in [0.25, 0.3) is 0 Å². The van der Waals surface area contributed by atoms with Crippen LogP contribution in [0.3, 0.4) is 0 Å². The fraction of sp³-hybridized carbons (Fsp3) is 0.640. The minimum Gasteiger partial charge on any atom is -0.462 e. The largest absolute Gasteiger partial charge is 0.462 e. The molecule has 0 aromatic rings. The molecule has 0 aliphatic rings. The zero-order valence-corrected chi connectivity index (χ0v) is 52.5. The topological polar surface area (TPSA) is 78.9 Å². The Bertz CT molecular complexity index is 1760. The van der Waals surface area contributed by atoms with Gasteiger partial charge in [-0.15, -0.1) is 0 Å². The summed E-state index contributed by atoms with van der Waals surface area (Å²) in [6, 6.07) is 0. The first kappa shape index (κ1) is 76.3. The van der Waals surface area contributed by atoms with Gasteiger partial charge < -0.3 is 14.2 Å². The fourth-order valence-electron chi connectivity index (χ4n) is 8.82. The molecule has 81 heavy (non-hydrogen) atoms. The van der Waals surface area contributed by atoms with E-state index in [1.54, 1.807) is 0 Å². The molecule has 0 aliphatic carbocycles. The van der Waals surface area contributed by atoms with Crippen LogP contribution >= 0.6 is 0 Å². The first-order valence-electron chi connectivity index (χ1n) is 33.3. The molecule has 0 amide bonds. The van der Waals surface area contributed by atoms with E-state index in [0.717, 1.165) is 167 Å². The Hall–Kier alpha value is -4.71. The van der Waals surface area contributed by atoms with E-state index in [2.05, 4.69) is 167 Å². The Morgan fingerprint density at radius 2 is 0.506 bits per heavy atom. The van der Waals surface area contributed by atoms with Gasteiger partial charge in [0.2, 0.25) is 0 Å². The number of hydrogen-bond donors (Lipinski definition) is 0. The van der Waals surface area contributed by atoms with Crippen molar-refractivity contribution in [2.75, 3.05) is 13.2 Å². The second kappa shape index (κ2) is 67.8. The fourth-order valence-corrected chi connectivity index (χ4v) is 8.82. The van der Waals surface area contributed by atoms with Gasteiger partial charge in [0, 0.05) is 19.3 Å². The Labute approximate surface area is 499 Å². The monoisotopic (exact) mass is 1120 g/mol. The summed E-state index contributed by atoms with van der Waals surface area (Å²) in [5.74, 6) is -0.932. The lowest BCUT2D eigenvalue weighted by Gasteiger charge is -2.18. The van der Waals surface area contributed by atoms with Crippen molar-refractivity contribution in [3.05, 3.63) is 146 Å². The molecule has 0 saturated carbocycles. The van der Waals surface area contributed by atoms with E-state index >= 15 is 0 Å². The highest BCUT2D eigenvalue weighted by atomic mass is 16.6. The van der Waals surface area contributed by atoms with Crippen LogP contribution < -0.4 is 0 Å². The number of allylic oxidation sites excluding steroid dienone is 24. The first-order chi connectivity index (χ1) is 40.0. The van der Waals surface area contributed by atoms with Gasteiger partial charge in [0.1, 0.15) is 13.2 Å². The summed E-state index contributed by atoms with van der Waals surface area (Å²) in [5.41, 5.74) is 0. The van der Waals surface area contributed by atoms with E-state index in [1.165, 1.54) is 83.5 Å². The van der Waals surface area contributed by atoms with E-state index in [1.807, 2.05) is 0 Å². The molecule has 0 fully saturated rings. The van der Waals surface area contributed by atoms with E-state index in [-0.39, 0.29) is 31.1 Å². The number of carbonyl (C=O) groups excluding carboxylic acids is 3. The summed E-state index contributed by atoms with van der Waals surface area (Å²) < 4.78 is 16.9. The van der Waals surface area contributed by atoms with Gasteiger partial charge in [-0.3, -0.25) is 14.4 Å². The standard InChI is InChI=1S/C75H122O6/c1-4-7-10-13-16-19-22-25-27-29-30-31-32-33-34-35-36-37-38-39-40-41-42-43-44-46-47-50-53-56-59-62-65-68-74(77)80-71-72(70-79-73(76)67-64-61-58-55-52-49-24-21-18-15-12-9-6-3)81-75(78)69-66-63-60-57-54-51-48-45-28-26-23-20-17-14-11-8-5-2/h7,10,12,15-16,19,21,24-28,30-31,33-34,36-37,39-40,42-43,46-47,72H,4-6,8-9,11,13-14,17-18,20,22-23,29,32,35,38,41,44-45,48-71H2,1-3H3/b10-7-,15-12-,19-16-,24-21-,27-25-,28-26-,31-30-,34-33-,37-36-,40-39-,43-42-,47-46-. The van der Waals surface area contributed by atoms with Crippen LogP contribution in [0.15, 0.2) is 146 Å². The van der Waals surface area contributed by atoms with Gasteiger partial charge in [-0.05, 0) is 141 Å². The first-order valence-corrected chi connectivity index (χ1v) is 33.3. The zero-order valence-electron chi connectivity index (χ0n) is 52.5. The maximum Gasteiger partial charge on any atom is 0.306 e. The lowest BCUT2D eigenvalue weighted by atomic mass is 10.1. The van der Waals surface area contributed by atoms with Crippen molar-refractivity contribution >= 4 is 17.9 Å². The number of unbranched alkanes of at least 4 members (excludes halogenated alkanes) is 24. The van der Waals surface area contributed by atoms with Crippen LogP contribution in [0.5, 0.6) is 0 Å². The van der Waals surface area contributed by atoms with E-state index in [4.69, 9.17) is 14.2 Å². The minimum absolute atomic E-state index is 0.0968. The molecule has 0 saturated heterocycles. The number of carbonyl (C=O) groups is 3. The average Bonchev–Trinajstić information content (AvgIpc) is 3.46. The van der Waals surface area contributed by atoms with Crippen LogP contribution in [0.2, 0.25) is 0 Å². The molecular weight excluding hydrogens is 997 g/mol. The van der Waals surface area contributed by atoms with Crippen molar-refractivity contribution in [3.63, 3.8) is 0 Å². The zero-order chi connectivity index (χ0) is 58.5. The van der Waals surface area contributed by atoms with Crippen molar-refractivity contribution in [1.29, 1.82) is 0 Å². The Balaban J connectivity index is 4.35. The minimum atomic E-state index is -0.801. The number of hydrogen-bond acceptors (Lipinski definition) is 6. The van der Waals surface area contributed by atoms with Crippen molar-refractivity contribution in [2.45, 2.75) is 297 Å². The molecule has 0 aromatic carbocycles. The molecule has 0 radical (unpaired) electrons. The molecule has 458 valence electrons. The van der Waals surface area contributed by atoms with Crippen LogP contribution in [-0.4, -0.2) is 37.2 Å². The third-order valence-electron chi connectivity index (χ3n) is 13.8. The van der Waals surface area contributed by atoms with E-state index in [0.29, 0.717) is 19.3 Å². The smallest absolute Gasteiger partial charge is 0.306 e. The summed E-state index contributed by atoms with van der Waals surface area (Å²) in [7, 11) is 0. The molecule has 6 nitrogen and oxygen atoms in total. The van der Waals surface area contributed by atoms with Gasteiger partial charge in [-0.2, -0.15) is 0 Å². The van der Waals surface area contributed by atoms with Crippen LogP contribution in [-0.2, 0) is 28.6 Å². The maximum atomic E-state index is 12.9. The van der Waals surface area contributed by atoms with E-state index < -0.39 is 6.10 Å². The lowest BCUT2D eigenvalue weighted by molar-refractivity contribution is -0.167. The van der Waals surface area contributed by atoms with Gasteiger partial charge >= 0.3 is 17.9 Å². The summed E-state index contributed by atoms with van der Waals surface area (Å²) in [6.45, 7) is 6.43. The Morgan fingerprint density at radius 3 is 0.815 bits per heavy atom. The van der Waals surface area contributed by atoms with Gasteiger partial charge in [-0.25, -0.2) is 0 Å². The van der Waals surface area contributed by atoms with Crippen LogP contribution in [0.1, 0.15) is 290 Å². The van der Waals surface area contributed by atoms with Crippen molar-refractivity contribution in [1.82, 2.24) is 0 Å². The highest BCUT2D eigenvalue weighted by Gasteiger charge is 2.19. The quantitative estimate of drug-likeness (QED) is 0.0261.